The van der Waals surface area contributed by atoms with E-state index in [0.717, 1.165) is 17.3 Å². The second-order valence-corrected chi connectivity index (χ2v) is 4.97. The first-order chi connectivity index (χ1) is 8.45. The molecule has 0 spiro atoms. The van der Waals surface area contributed by atoms with E-state index in [-0.39, 0.29) is 16.5 Å². The van der Waals surface area contributed by atoms with Gasteiger partial charge < -0.3 is 10.4 Å². The maximum absolute atomic E-state index is 11.1. The third kappa shape index (κ3) is 3.99. The summed E-state index contributed by atoms with van der Waals surface area (Å²) in [5.41, 5.74) is 1.35. The van der Waals surface area contributed by atoms with E-state index >= 15 is 0 Å². The van der Waals surface area contributed by atoms with E-state index in [2.05, 4.69) is 21.2 Å². The summed E-state index contributed by atoms with van der Waals surface area (Å²) in [4.78, 5) is 22.1. The molecule has 0 fully saturated rings. The number of nitrogens with one attached hydrogen (secondary N) is 1. The molecule has 0 bridgehead atoms. The topological polar surface area (TPSA) is 66.4 Å². The van der Waals surface area contributed by atoms with Crippen LogP contribution in [-0.4, -0.2) is 22.3 Å². The van der Waals surface area contributed by atoms with Gasteiger partial charge in [-0.25, -0.2) is 4.79 Å². The van der Waals surface area contributed by atoms with Crippen LogP contribution in [0.4, 0.5) is 5.69 Å². The van der Waals surface area contributed by atoms with E-state index in [9.17, 15) is 9.59 Å². The van der Waals surface area contributed by atoms with Gasteiger partial charge in [0.2, 0.25) is 5.91 Å². The fraction of sp³-hybridized carbons (Fsp3) is 0.333. The molecule has 0 atom stereocenters. The number of halogens is 2. The van der Waals surface area contributed by atoms with Crippen molar-refractivity contribution in [1.82, 2.24) is 0 Å². The molecule has 1 aromatic rings. The Hall–Kier alpha value is -1.07. The molecule has 0 saturated heterocycles. The van der Waals surface area contributed by atoms with Crippen LogP contribution < -0.4 is 5.32 Å². The summed E-state index contributed by atoms with van der Waals surface area (Å²) in [6.45, 7) is 1.38. The molecule has 0 radical (unpaired) electrons. The van der Waals surface area contributed by atoms with Crippen molar-refractivity contribution in [2.24, 2.45) is 0 Å². The van der Waals surface area contributed by atoms with E-state index in [4.69, 9.17) is 16.7 Å². The Balaban J connectivity index is 3.20. The normalized spacial score (nSPS) is 10.2. The van der Waals surface area contributed by atoms with Crippen molar-refractivity contribution >= 4 is 45.1 Å². The molecule has 0 saturated carbocycles. The number of hydrogen-bond donors (Lipinski definition) is 2. The fourth-order valence-electron chi connectivity index (χ4n) is 1.56. The van der Waals surface area contributed by atoms with Crippen molar-refractivity contribution < 1.29 is 14.7 Å². The highest BCUT2D eigenvalue weighted by Crippen LogP contribution is 2.29. The van der Waals surface area contributed by atoms with Crippen LogP contribution >= 0.6 is 27.5 Å². The van der Waals surface area contributed by atoms with Crippen LogP contribution in [0.2, 0.25) is 5.02 Å². The molecule has 0 heterocycles. The standard InChI is InChI=1S/C12H13BrClNO3/c1-7(16)15-11-8(3-2-4-13)5-9(12(17)18)6-10(11)14/h5-6H,2-4H2,1H3,(H,15,16)(H,17,18). The zero-order chi connectivity index (χ0) is 13.7. The number of carboxylic acids is 1. The van der Waals surface area contributed by atoms with Gasteiger partial charge in [-0.3, -0.25) is 4.79 Å². The summed E-state index contributed by atoms with van der Waals surface area (Å²) in [6.07, 6.45) is 1.47. The first kappa shape index (κ1) is 15.0. The summed E-state index contributed by atoms with van der Waals surface area (Å²) < 4.78 is 0. The first-order valence-corrected chi connectivity index (χ1v) is 6.85. The second kappa shape index (κ2) is 6.75. The molecule has 4 nitrogen and oxygen atoms in total. The van der Waals surface area contributed by atoms with E-state index < -0.39 is 5.97 Å². The van der Waals surface area contributed by atoms with Gasteiger partial charge in [0.25, 0.3) is 0 Å². The molecule has 98 valence electrons. The Kier molecular flexibility index (Phi) is 5.62. The average molecular weight is 335 g/mol. The Morgan fingerprint density at radius 2 is 2.11 bits per heavy atom. The number of amides is 1. The van der Waals surface area contributed by atoms with Crippen molar-refractivity contribution in [3.63, 3.8) is 0 Å². The van der Waals surface area contributed by atoms with E-state index in [1.807, 2.05) is 0 Å². The molecule has 6 heteroatoms. The Labute approximate surface area is 118 Å². The van der Waals surface area contributed by atoms with Crippen molar-refractivity contribution in [2.45, 2.75) is 19.8 Å². The molecular formula is C12H13BrClNO3. The number of carbonyl (C=O) groups is 2. The molecule has 18 heavy (non-hydrogen) atoms. The summed E-state index contributed by atoms with van der Waals surface area (Å²) in [5, 5.41) is 12.7. The lowest BCUT2D eigenvalue weighted by Crippen LogP contribution is -2.10. The number of carboxylic acid groups (broad SMARTS) is 1. The highest BCUT2D eigenvalue weighted by molar-refractivity contribution is 9.09. The molecule has 1 rings (SSSR count). The predicted molar refractivity (Wildman–Crippen MR) is 74.8 cm³/mol. The zero-order valence-electron chi connectivity index (χ0n) is 9.80. The third-order valence-corrected chi connectivity index (χ3v) is 3.16. The fourth-order valence-corrected chi connectivity index (χ4v) is 2.12. The number of aryl methyl sites for hydroxylation is 1. The quantitative estimate of drug-likeness (QED) is 0.812. The Morgan fingerprint density at radius 3 is 2.61 bits per heavy atom. The van der Waals surface area contributed by atoms with Crippen molar-refractivity contribution in [3.05, 3.63) is 28.3 Å². The molecule has 0 aliphatic heterocycles. The van der Waals surface area contributed by atoms with Crippen LogP contribution in [0.15, 0.2) is 12.1 Å². The number of aromatic carboxylic acids is 1. The summed E-state index contributed by atoms with van der Waals surface area (Å²) >= 11 is 9.32. The zero-order valence-corrected chi connectivity index (χ0v) is 12.1. The van der Waals surface area contributed by atoms with Gasteiger partial charge >= 0.3 is 5.97 Å². The minimum absolute atomic E-state index is 0.124. The molecule has 1 amide bonds. The lowest BCUT2D eigenvalue weighted by Gasteiger charge is -2.12. The van der Waals surface area contributed by atoms with Gasteiger partial charge in [0.1, 0.15) is 0 Å². The number of alkyl halides is 1. The van der Waals surface area contributed by atoms with E-state index in [1.165, 1.54) is 13.0 Å². The lowest BCUT2D eigenvalue weighted by atomic mass is 10.0. The number of anilines is 1. The molecule has 0 aromatic heterocycles. The van der Waals surface area contributed by atoms with Gasteiger partial charge in [0.15, 0.2) is 0 Å². The number of rotatable bonds is 5. The molecule has 0 aliphatic rings. The summed E-state index contributed by atoms with van der Waals surface area (Å²) in [6, 6.07) is 2.88. The average Bonchev–Trinajstić information content (AvgIpc) is 2.28. The van der Waals surface area contributed by atoms with E-state index in [1.54, 1.807) is 6.07 Å². The van der Waals surface area contributed by atoms with Crippen molar-refractivity contribution in [1.29, 1.82) is 0 Å². The highest BCUT2D eigenvalue weighted by atomic mass is 79.9. The Bertz CT molecular complexity index is 477. The van der Waals surface area contributed by atoms with Crippen LogP contribution in [0.3, 0.4) is 0 Å². The highest BCUT2D eigenvalue weighted by Gasteiger charge is 2.14. The van der Waals surface area contributed by atoms with Crippen molar-refractivity contribution in [2.75, 3.05) is 10.6 Å². The van der Waals surface area contributed by atoms with E-state index in [0.29, 0.717) is 12.1 Å². The van der Waals surface area contributed by atoms with Gasteiger partial charge in [-0.15, -0.1) is 0 Å². The minimum atomic E-state index is -1.04. The first-order valence-electron chi connectivity index (χ1n) is 5.35. The van der Waals surface area contributed by atoms with Gasteiger partial charge in [-0.2, -0.15) is 0 Å². The summed E-state index contributed by atoms with van der Waals surface area (Å²) in [7, 11) is 0. The van der Waals surface area contributed by atoms with Gasteiger partial charge in [0.05, 0.1) is 16.3 Å². The molecule has 0 unspecified atom stereocenters. The molecular weight excluding hydrogens is 321 g/mol. The van der Waals surface area contributed by atoms with Crippen molar-refractivity contribution in [3.8, 4) is 0 Å². The van der Waals surface area contributed by atoms with Crippen LogP contribution in [-0.2, 0) is 11.2 Å². The SMILES string of the molecule is CC(=O)Nc1c(Cl)cc(C(=O)O)cc1CCCBr. The van der Waals surface area contributed by atoms with Crippen LogP contribution in [0, 0.1) is 0 Å². The largest absolute Gasteiger partial charge is 0.478 e. The number of benzene rings is 1. The molecule has 1 aromatic carbocycles. The third-order valence-electron chi connectivity index (χ3n) is 2.30. The minimum Gasteiger partial charge on any atom is -0.478 e. The smallest absolute Gasteiger partial charge is 0.335 e. The molecule has 2 N–H and O–H groups in total. The summed E-state index contributed by atoms with van der Waals surface area (Å²) in [5.74, 6) is -1.27. The van der Waals surface area contributed by atoms with Crippen LogP contribution in [0.5, 0.6) is 0 Å². The lowest BCUT2D eigenvalue weighted by molar-refractivity contribution is -0.114. The van der Waals surface area contributed by atoms with Gasteiger partial charge in [0, 0.05) is 12.3 Å². The maximum Gasteiger partial charge on any atom is 0.335 e. The maximum atomic E-state index is 11.1. The number of carbonyl (C=O) groups excluding carboxylic acids is 1. The monoisotopic (exact) mass is 333 g/mol. The van der Waals surface area contributed by atoms with Gasteiger partial charge in [-0.05, 0) is 30.5 Å². The van der Waals surface area contributed by atoms with Crippen LogP contribution in [0.1, 0.15) is 29.3 Å². The van der Waals surface area contributed by atoms with Crippen LogP contribution in [0.25, 0.3) is 0 Å². The van der Waals surface area contributed by atoms with Gasteiger partial charge in [-0.1, -0.05) is 27.5 Å². The Morgan fingerprint density at radius 1 is 1.44 bits per heavy atom. The molecule has 0 aliphatic carbocycles. The number of hydrogen-bond acceptors (Lipinski definition) is 2. The second-order valence-electron chi connectivity index (χ2n) is 3.77. The predicted octanol–water partition coefficient (Wildman–Crippen LogP) is 3.32.